The lowest BCUT2D eigenvalue weighted by Crippen LogP contribution is -2.42. The molecule has 1 aliphatic carbocycles. The minimum absolute atomic E-state index is 0.0254. The highest BCUT2D eigenvalue weighted by Crippen LogP contribution is 2.31. The van der Waals surface area contributed by atoms with Crippen LogP contribution in [-0.4, -0.2) is 60.1 Å². The monoisotopic (exact) mass is 597 g/mol. The summed E-state index contributed by atoms with van der Waals surface area (Å²) in [4.78, 5) is 31.7. The van der Waals surface area contributed by atoms with Crippen molar-refractivity contribution in [3.8, 4) is 17.2 Å². The van der Waals surface area contributed by atoms with Gasteiger partial charge < -0.3 is 24.4 Å². The number of methoxy groups -OCH3 is 1. The van der Waals surface area contributed by atoms with E-state index in [0.29, 0.717) is 37.2 Å². The first-order valence-electron chi connectivity index (χ1n) is 14.4. The fourth-order valence-corrected chi connectivity index (χ4v) is 5.36. The molecule has 2 aliphatic rings. The molecule has 0 spiro atoms. The fraction of sp³-hybridized carbons (Fsp3) is 0.406. The van der Waals surface area contributed by atoms with Crippen LogP contribution in [0.4, 0.5) is 13.2 Å². The zero-order valence-corrected chi connectivity index (χ0v) is 23.8. The number of pyridine rings is 1. The number of alkyl halides is 3. The summed E-state index contributed by atoms with van der Waals surface area (Å²) in [5.74, 6) is 1.47. The summed E-state index contributed by atoms with van der Waals surface area (Å²) >= 11 is 0. The summed E-state index contributed by atoms with van der Waals surface area (Å²) in [6.07, 6.45) is 1.25. The molecule has 0 atom stereocenters. The first-order valence-corrected chi connectivity index (χ1v) is 14.4. The summed E-state index contributed by atoms with van der Waals surface area (Å²) in [7, 11) is 1.62. The molecule has 1 saturated carbocycles. The van der Waals surface area contributed by atoms with E-state index < -0.39 is 11.7 Å². The van der Waals surface area contributed by atoms with Gasteiger partial charge in [0.1, 0.15) is 29.0 Å². The maximum Gasteiger partial charge on any atom is 0.416 e. The molecule has 0 radical (unpaired) electrons. The molecule has 2 heterocycles. The lowest BCUT2D eigenvalue weighted by Gasteiger charge is -2.32. The molecule has 228 valence electrons. The highest BCUT2D eigenvalue weighted by Gasteiger charge is 2.31. The molecular formula is C32H34F3N3O5. The fourth-order valence-electron chi connectivity index (χ4n) is 5.36. The van der Waals surface area contributed by atoms with Crippen LogP contribution in [0.5, 0.6) is 17.2 Å². The van der Waals surface area contributed by atoms with Gasteiger partial charge in [-0.3, -0.25) is 14.6 Å². The van der Waals surface area contributed by atoms with Gasteiger partial charge in [0, 0.05) is 38.2 Å². The number of rotatable bonds is 8. The number of nitrogens with one attached hydrogen (secondary N) is 1. The number of halogens is 3. The van der Waals surface area contributed by atoms with E-state index in [-0.39, 0.29) is 35.8 Å². The molecule has 5 rings (SSSR count). The summed E-state index contributed by atoms with van der Waals surface area (Å²) in [5, 5.41) is 3.04. The maximum atomic E-state index is 13.0. The van der Waals surface area contributed by atoms with E-state index in [1.165, 1.54) is 18.3 Å². The molecular weight excluding hydrogens is 563 g/mol. The van der Waals surface area contributed by atoms with Crippen molar-refractivity contribution >= 4 is 11.8 Å². The summed E-state index contributed by atoms with van der Waals surface area (Å²) in [6.45, 7) is 0.883. The first-order chi connectivity index (χ1) is 20.7. The van der Waals surface area contributed by atoms with Crippen LogP contribution in [0.15, 0.2) is 66.9 Å². The second-order valence-electron chi connectivity index (χ2n) is 10.8. The van der Waals surface area contributed by atoms with Crippen LogP contribution >= 0.6 is 0 Å². The van der Waals surface area contributed by atoms with E-state index in [9.17, 15) is 22.8 Å². The van der Waals surface area contributed by atoms with Gasteiger partial charge in [-0.15, -0.1) is 0 Å². The Morgan fingerprint density at radius 1 is 0.791 bits per heavy atom. The lowest BCUT2D eigenvalue weighted by molar-refractivity contribution is -0.137. The van der Waals surface area contributed by atoms with E-state index in [0.717, 1.165) is 49.3 Å². The van der Waals surface area contributed by atoms with Crippen LogP contribution in [0.3, 0.4) is 0 Å². The topological polar surface area (TPSA) is 90.0 Å². The minimum Gasteiger partial charge on any atom is -0.497 e. The maximum absolute atomic E-state index is 13.0. The van der Waals surface area contributed by atoms with Gasteiger partial charge in [0.25, 0.3) is 11.8 Å². The molecule has 1 aromatic heterocycles. The third-order valence-electron chi connectivity index (χ3n) is 7.83. The number of carbonyl (C=O) groups is 2. The number of ether oxygens (including phenoxy) is 3. The number of hydrogen-bond acceptors (Lipinski definition) is 6. The molecule has 2 amide bonds. The Kier molecular flexibility index (Phi) is 9.37. The molecule has 1 saturated heterocycles. The van der Waals surface area contributed by atoms with Crippen molar-refractivity contribution in [2.24, 2.45) is 0 Å². The number of nitrogens with zero attached hydrogens (tertiary/aromatic N) is 2. The van der Waals surface area contributed by atoms with Gasteiger partial charge in [-0.25, -0.2) is 0 Å². The molecule has 3 aromatic rings. The molecule has 43 heavy (non-hydrogen) atoms. The molecule has 0 unspecified atom stereocenters. The number of aromatic nitrogens is 1. The van der Waals surface area contributed by atoms with Crippen LogP contribution in [0, 0.1) is 0 Å². The van der Waals surface area contributed by atoms with E-state index in [4.69, 9.17) is 14.2 Å². The lowest BCUT2D eigenvalue weighted by atomic mass is 9.92. The van der Waals surface area contributed by atoms with Crippen LogP contribution in [0.2, 0.25) is 0 Å². The first kappa shape index (κ1) is 30.2. The van der Waals surface area contributed by atoms with Gasteiger partial charge in [0.05, 0.1) is 24.3 Å². The Balaban J connectivity index is 1.04. The smallest absolute Gasteiger partial charge is 0.416 e. The van der Waals surface area contributed by atoms with Crippen molar-refractivity contribution in [1.82, 2.24) is 15.2 Å². The highest BCUT2D eigenvalue weighted by atomic mass is 19.4. The number of hydrogen-bond donors (Lipinski definition) is 1. The average molecular weight is 598 g/mol. The second kappa shape index (κ2) is 13.4. The Labute approximate surface area is 248 Å². The molecule has 11 heteroatoms. The van der Waals surface area contributed by atoms with Crippen molar-refractivity contribution in [1.29, 1.82) is 0 Å². The Morgan fingerprint density at radius 2 is 1.35 bits per heavy atom. The van der Waals surface area contributed by atoms with E-state index >= 15 is 0 Å². The predicted octanol–water partition coefficient (Wildman–Crippen LogP) is 5.91. The Hall–Kier alpha value is -4.28. The van der Waals surface area contributed by atoms with E-state index in [1.807, 2.05) is 24.3 Å². The zero-order valence-electron chi connectivity index (χ0n) is 23.8. The van der Waals surface area contributed by atoms with E-state index in [1.54, 1.807) is 24.1 Å². The third kappa shape index (κ3) is 7.97. The number of piperidine rings is 1. The Bertz CT molecular complexity index is 1370. The van der Waals surface area contributed by atoms with Gasteiger partial charge in [0.2, 0.25) is 0 Å². The van der Waals surface area contributed by atoms with Crippen molar-refractivity contribution in [3.05, 3.63) is 83.7 Å². The number of amides is 2. The molecule has 1 N–H and O–H groups in total. The second-order valence-corrected chi connectivity index (χ2v) is 10.8. The van der Waals surface area contributed by atoms with Crippen LogP contribution in [0.1, 0.15) is 64.9 Å². The number of likely N-dealkylation sites (tertiary alicyclic amines) is 1. The van der Waals surface area contributed by atoms with Crippen molar-refractivity contribution in [2.45, 2.75) is 63.0 Å². The van der Waals surface area contributed by atoms with Gasteiger partial charge in [-0.05, 0) is 86.3 Å². The van der Waals surface area contributed by atoms with Gasteiger partial charge in [0.15, 0.2) is 0 Å². The van der Waals surface area contributed by atoms with Crippen LogP contribution in [-0.2, 0) is 6.18 Å². The van der Waals surface area contributed by atoms with Gasteiger partial charge >= 0.3 is 6.18 Å². The number of benzene rings is 2. The van der Waals surface area contributed by atoms with E-state index in [2.05, 4.69) is 10.3 Å². The largest absolute Gasteiger partial charge is 0.497 e. The van der Waals surface area contributed by atoms with Crippen LogP contribution in [0.25, 0.3) is 0 Å². The molecule has 2 fully saturated rings. The molecule has 2 aromatic carbocycles. The molecule has 1 aliphatic heterocycles. The van der Waals surface area contributed by atoms with Gasteiger partial charge in [-0.2, -0.15) is 13.2 Å². The van der Waals surface area contributed by atoms with Gasteiger partial charge in [-0.1, -0.05) is 0 Å². The Morgan fingerprint density at radius 3 is 1.88 bits per heavy atom. The third-order valence-corrected chi connectivity index (χ3v) is 7.83. The minimum atomic E-state index is -4.39. The van der Waals surface area contributed by atoms with Crippen molar-refractivity contribution < 1.29 is 37.0 Å². The normalized spacial score (nSPS) is 19.4. The standard InChI is InChI=1S/C32H34F3N3O5/c1-41-24-11-13-27(14-12-24)42-26-9-5-23(6-10-26)37-30(39)29-15-2-21(20-36-29)31(40)38-18-16-28(17-19-38)43-25-7-3-22(4-8-25)32(33,34)35/h2-4,7-8,11-15,20,23,26,28H,5-6,9-10,16-19H2,1H3,(H,37,39). The number of carbonyl (C=O) groups excluding carboxylic acids is 2. The highest BCUT2D eigenvalue weighted by molar-refractivity contribution is 5.96. The zero-order chi connectivity index (χ0) is 30.4. The molecule has 0 bridgehead atoms. The summed E-state index contributed by atoms with van der Waals surface area (Å²) in [5.41, 5.74) is -0.0945. The van der Waals surface area contributed by atoms with Crippen molar-refractivity contribution in [3.63, 3.8) is 0 Å². The average Bonchev–Trinajstić information content (AvgIpc) is 3.02. The predicted molar refractivity (Wildman–Crippen MR) is 152 cm³/mol. The SMILES string of the molecule is COc1ccc(OC2CCC(NC(=O)c3ccc(C(=O)N4CCC(Oc5ccc(C(F)(F)F)cc5)CC4)cn3)CC2)cc1. The molecule has 8 nitrogen and oxygen atoms in total. The quantitative estimate of drug-likeness (QED) is 0.347. The van der Waals surface area contributed by atoms with Crippen molar-refractivity contribution in [2.75, 3.05) is 20.2 Å². The summed E-state index contributed by atoms with van der Waals surface area (Å²) in [6, 6.07) is 15.3. The summed E-state index contributed by atoms with van der Waals surface area (Å²) < 4.78 is 55.4. The van der Waals surface area contributed by atoms with Crippen LogP contribution < -0.4 is 19.5 Å².